The number of dihydropyridines is 1. The molecule has 1 atom stereocenters. The molecule has 0 saturated carbocycles. The Morgan fingerprint density at radius 1 is 0.950 bits per heavy atom. The first kappa shape index (κ1) is 28.7. The zero-order valence-corrected chi connectivity index (χ0v) is 23.9. The lowest BCUT2D eigenvalue weighted by Gasteiger charge is -2.30. The summed E-state index contributed by atoms with van der Waals surface area (Å²) >= 11 is 1.15. The number of nitriles is 1. The Hall–Kier alpha value is -4.35. The van der Waals surface area contributed by atoms with E-state index in [-0.39, 0.29) is 28.4 Å². The van der Waals surface area contributed by atoms with Gasteiger partial charge >= 0.3 is 0 Å². The Morgan fingerprint density at radius 2 is 1.60 bits per heavy atom. The van der Waals surface area contributed by atoms with Crippen molar-refractivity contribution in [1.29, 1.82) is 5.26 Å². The highest BCUT2D eigenvalue weighted by Crippen LogP contribution is 2.42. The van der Waals surface area contributed by atoms with Gasteiger partial charge in [-0.25, -0.2) is 4.39 Å². The molecule has 3 aromatic carbocycles. The number of halogens is 1. The van der Waals surface area contributed by atoms with Crippen LogP contribution in [0.5, 0.6) is 0 Å². The lowest BCUT2D eigenvalue weighted by Crippen LogP contribution is -2.31. The second kappa shape index (κ2) is 12.2. The molecule has 0 bridgehead atoms. The second-order valence-corrected chi connectivity index (χ2v) is 10.8. The van der Waals surface area contributed by atoms with Gasteiger partial charge in [-0.15, -0.1) is 0 Å². The maximum absolute atomic E-state index is 15.1. The molecule has 1 heterocycles. The average molecular weight is 555 g/mol. The summed E-state index contributed by atoms with van der Waals surface area (Å²) in [5, 5.41) is 19.7. The minimum Gasteiger partial charge on any atom is -0.353 e. The summed E-state index contributed by atoms with van der Waals surface area (Å²) in [5.74, 6) is -2.14. The van der Waals surface area contributed by atoms with Crippen LogP contribution in [0.1, 0.15) is 40.7 Å². The average Bonchev–Trinajstić information content (AvgIpc) is 2.90. The predicted octanol–water partition coefficient (Wildman–Crippen LogP) is 6.77. The van der Waals surface area contributed by atoms with Crippen molar-refractivity contribution in [3.05, 3.63) is 116 Å². The van der Waals surface area contributed by atoms with Crippen LogP contribution in [0.25, 0.3) is 0 Å². The number of thioether (sulfide) groups is 1. The maximum atomic E-state index is 15.1. The highest BCUT2D eigenvalue weighted by atomic mass is 32.2. The van der Waals surface area contributed by atoms with Gasteiger partial charge in [0, 0.05) is 28.2 Å². The highest BCUT2D eigenvalue weighted by Gasteiger charge is 2.36. The Balaban J connectivity index is 1.65. The summed E-state index contributed by atoms with van der Waals surface area (Å²) in [7, 11) is 0. The fourth-order valence-electron chi connectivity index (χ4n) is 4.94. The summed E-state index contributed by atoms with van der Waals surface area (Å²) in [4.78, 5) is 26.5. The van der Waals surface area contributed by atoms with Crippen LogP contribution in [0, 0.1) is 44.8 Å². The lowest BCUT2D eigenvalue weighted by atomic mass is 9.82. The van der Waals surface area contributed by atoms with Gasteiger partial charge in [0.15, 0.2) is 0 Å². The highest BCUT2D eigenvalue weighted by molar-refractivity contribution is 8.03. The molecule has 204 valence electrons. The largest absolute Gasteiger partial charge is 0.353 e. The van der Waals surface area contributed by atoms with Crippen LogP contribution in [-0.4, -0.2) is 17.6 Å². The Bertz CT molecular complexity index is 1580. The third-order valence-corrected chi connectivity index (χ3v) is 7.81. The van der Waals surface area contributed by atoms with E-state index in [9.17, 15) is 14.9 Å². The number of hydrogen-bond acceptors (Lipinski definition) is 5. The normalized spacial score (nSPS) is 14.9. The first-order valence-corrected chi connectivity index (χ1v) is 13.8. The van der Waals surface area contributed by atoms with Gasteiger partial charge in [-0.1, -0.05) is 65.9 Å². The molecule has 8 heteroatoms. The van der Waals surface area contributed by atoms with Gasteiger partial charge in [0.25, 0.3) is 5.91 Å². The number of amides is 2. The van der Waals surface area contributed by atoms with E-state index in [2.05, 4.69) is 22.0 Å². The molecule has 0 aliphatic carbocycles. The van der Waals surface area contributed by atoms with Crippen LogP contribution in [0.15, 0.2) is 82.5 Å². The van der Waals surface area contributed by atoms with E-state index in [1.165, 1.54) is 6.07 Å². The van der Waals surface area contributed by atoms with Crippen molar-refractivity contribution in [2.45, 2.75) is 40.5 Å². The monoisotopic (exact) mass is 554 g/mol. The number of nitrogens with zero attached hydrogens (tertiary/aromatic N) is 1. The third kappa shape index (κ3) is 6.11. The molecule has 0 aromatic heterocycles. The molecule has 0 fully saturated rings. The van der Waals surface area contributed by atoms with Crippen LogP contribution < -0.4 is 16.0 Å². The Kier molecular flexibility index (Phi) is 8.76. The van der Waals surface area contributed by atoms with E-state index in [0.29, 0.717) is 16.4 Å². The summed E-state index contributed by atoms with van der Waals surface area (Å²) < 4.78 is 15.1. The predicted molar refractivity (Wildman–Crippen MR) is 159 cm³/mol. The minimum atomic E-state index is -0.955. The maximum Gasteiger partial charge on any atom is 0.254 e. The summed E-state index contributed by atoms with van der Waals surface area (Å²) in [6.45, 7) is 9.49. The molecule has 4 rings (SSSR count). The molecule has 1 aliphatic rings. The number of nitrogens with one attached hydrogen (secondary N) is 3. The fourth-order valence-corrected chi connectivity index (χ4v) is 5.83. The van der Waals surface area contributed by atoms with Gasteiger partial charge in [-0.05, 0) is 63.4 Å². The molecule has 3 N–H and O–H groups in total. The fraction of sp³-hybridized carbons (Fsp3) is 0.219. The minimum absolute atomic E-state index is 0.0162. The number of allylic oxidation sites excluding steroid dienone is 2. The summed E-state index contributed by atoms with van der Waals surface area (Å²) in [6, 6.07) is 19.7. The standard InChI is InChI=1S/C32H31FN4O2S/c1-18-14-20(3)30(21(4)15-18)37-27(38)17-40-32-24(16-34)29(23-11-7-8-12-25(23)33)28(22(5)35-32)31(39)36-26-13-9-6-10-19(26)2/h6-15,29,35H,17H2,1-5H3,(H,36,39)(H,37,38). The smallest absolute Gasteiger partial charge is 0.254 e. The van der Waals surface area contributed by atoms with Crippen LogP contribution in [0.3, 0.4) is 0 Å². The molecule has 1 unspecified atom stereocenters. The number of carbonyl (C=O) groups excluding carboxylic acids is 2. The van der Waals surface area contributed by atoms with Gasteiger partial charge in [0.1, 0.15) is 5.82 Å². The SMILES string of the molecule is CC1=C(C(=O)Nc2ccccc2C)C(c2ccccc2F)C(C#N)=C(SCC(=O)Nc2c(C)cc(C)cc2C)N1. The number of aryl methyl sites for hydroxylation is 4. The molecule has 6 nitrogen and oxygen atoms in total. The Labute approximate surface area is 238 Å². The van der Waals surface area contributed by atoms with E-state index in [0.717, 1.165) is 39.7 Å². The van der Waals surface area contributed by atoms with Crippen LogP contribution in [-0.2, 0) is 9.59 Å². The molecule has 0 saturated heterocycles. The van der Waals surface area contributed by atoms with Crippen LogP contribution >= 0.6 is 11.8 Å². The van der Waals surface area contributed by atoms with Crippen molar-refractivity contribution in [2.75, 3.05) is 16.4 Å². The Morgan fingerprint density at radius 3 is 2.25 bits per heavy atom. The van der Waals surface area contributed by atoms with Crippen LogP contribution in [0.2, 0.25) is 0 Å². The summed E-state index contributed by atoms with van der Waals surface area (Å²) in [5.41, 5.74) is 6.40. The first-order chi connectivity index (χ1) is 19.1. The second-order valence-electron chi connectivity index (χ2n) is 9.85. The van der Waals surface area contributed by atoms with E-state index in [1.54, 1.807) is 31.2 Å². The molecular formula is C32H31FN4O2S. The van der Waals surface area contributed by atoms with Crippen LogP contribution in [0.4, 0.5) is 15.8 Å². The number of para-hydroxylation sites is 1. The quantitative estimate of drug-likeness (QED) is 0.300. The molecule has 0 spiro atoms. The molecule has 40 heavy (non-hydrogen) atoms. The van der Waals surface area contributed by atoms with Gasteiger partial charge < -0.3 is 16.0 Å². The van der Waals surface area contributed by atoms with Crippen molar-refractivity contribution in [3.63, 3.8) is 0 Å². The molecule has 2 amide bonds. The number of rotatable bonds is 7. The molecular weight excluding hydrogens is 523 g/mol. The third-order valence-electron chi connectivity index (χ3n) is 6.79. The van der Waals surface area contributed by atoms with Gasteiger partial charge in [-0.2, -0.15) is 5.26 Å². The van der Waals surface area contributed by atoms with Gasteiger partial charge in [0.2, 0.25) is 5.91 Å². The van der Waals surface area contributed by atoms with Crippen molar-refractivity contribution in [3.8, 4) is 6.07 Å². The number of carbonyl (C=O) groups is 2. The number of benzene rings is 3. The van der Waals surface area contributed by atoms with Gasteiger partial charge in [0.05, 0.1) is 28.3 Å². The molecule has 1 aliphatic heterocycles. The zero-order valence-electron chi connectivity index (χ0n) is 23.1. The van der Waals surface area contributed by atoms with E-state index in [4.69, 9.17) is 0 Å². The van der Waals surface area contributed by atoms with E-state index < -0.39 is 17.6 Å². The molecule has 3 aromatic rings. The molecule has 0 radical (unpaired) electrons. The van der Waals surface area contributed by atoms with Gasteiger partial charge in [-0.3, -0.25) is 9.59 Å². The van der Waals surface area contributed by atoms with E-state index >= 15 is 4.39 Å². The lowest BCUT2D eigenvalue weighted by molar-refractivity contribution is -0.114. The number of hydrogen-bond donors (Lipinski definition) is 3. The van der Waals surface area contributed by atoms with E-state index in [1.807, 2.05) is 58.0 Å². The number of anilines is 2. The first-order valence-electron chi connectivity index (χ1n) is 12.8. The van der Waals surface area contributed by atoms with Crippen molar-refractivity contribution in [2.24, 2.45) is 0 Å². The topological polar surface area (TPSA) is 94.0 Å². The zero-order chi connectivity index (χ0) is 29.0. The van der Waals surface area contributed by atoms with Crippen molar-refractivity contribution >= 4 is 35.0 Å². The van der Waals surface area contributed by atoms with Crippen molar-refractivity contribution in [1.82, 2.24) is 5.32 Å². The van der Waals surface area contributed by atoms with Crippen molar-refractivity contribution < 1.29 is 14.0 Å². The summed E-state index contributed by atoms with van der Waals surface area (Å²) in [6.07, 6.45) is 0.